The summed E-state index contributed by atoms with van der Waals surface area (Å²) in [6, 6.07) is 6.01. The van der Waals surface area contributed by atoms with Crippen LogP contribution in [-0.2, 0) is 11.3 Å². The van der Waals surface area contributed by atoms with Crippen molar-refractivity contribution in [3.63, 3.8) is 0 Å². The van der Waals surface area contributed by atoms with Crippen LogP contribution in [0, 0.1) is 0 Å². The molecule has 1 fully saturated rings. The Hall–Kier alpha value is -1.96. The van der Waals surface area contributed by atoms with Crippen molar-refractivity contribution in [1.29, 1.82) is 0 Å². The van der Waals surface area contributed by atoms with Crippen LogP contribution in [0.5, 0.6) is 5.75 Å². The van der Waals surface area contributed by atoms with E-state index in [0.717, 1.165) is 49.7 Å². The minimum atomic E-state index is 0.466. The van der Waals surface area contributed by atoms with Crippen LogP contribution in [-0.4, -0.2) is 56.2 Å². The Morgan fingerprint density at radius 2 is 2.25 bits per heavy atom. The number of ether oxygens (including phenoxy) is 2. The van der Waals surface area contributed by atoms with Crippen molar-refractivity contribution < 1.29 is 9.47 Å². The zero-order valence-corrected chi connectivity index (χ0v) is 14.8. The zero-order chi connectivity index (χ0) is 17.2. The van der Waals surface area contributed by atoms with Crippen LogP contribution in [0.4, 0.5) is 0 Å². The molecule has 0 radical (unpaired) electrons. The van der Waals surface area contributed by atoms with Gasteiger partial charge in [0.1, 0.15) is 5.75 Å². The number of methoxy groups -OCH3 is 1. The Balaban J connectivity index is 1.98. The average molecular weight is 348 g/mol. The molecule has 0 spiro atoms. The van der Waals surface area contributed by atoms with E-state index >= 15 is 0 Å². The zero-order valence-electron chi connectivity index (χ0n) is 14.0. The van der Waals surface area contributed by atoms with Gasteiger partial charge in [0.05, 0.1) is 26.5 Å². The number of hydrogen-bond donors (Lipinski definition) is 2. The summed E-state index contributed by atoms with van der Waals surface area (Å²) in [5, 5.41) is 7.57. The molecular weight excluding hydrogens is 324 g/mol. The Bertz CT molecular complexity index is 586. The van der Waals surface area contributed by atoms with Gasteiger partial charge < -0.3 is 14.8 Å². The first-order valence-electron chi connectivity index (χ1n) is 7.87. The highest BCUT2D eigenvalue weighted by Crippen LogP contribution is 2.21. The molecule has 130 valence electrons. The Morgan fingerprint density at radius 3 is 2.96 bits per heavy atom. The maximum atomic E-state index is 5.47. The molecule has 1 heterocycles. The predicted molar refractivity (Wildman–Crippen MR) is 101 cm³/mol. The van der Waals surface area contributed by atoms with E-state index in [0.29, 0.717) is 11.7 Å². The number of rotatable bonds is 7. The Kier molecular flexibility index (Phi) is 7.67. The number of hydrazone groups is 1. The summed E-state index contributed by atoms with van der Waals surface area (Å²) in [6.07, 6.45) is 3.48. The van der Waals surface area contributed by atoms with Crippen LogP contribution in [0.15, 0.2) is 36.0 Å². The molecular formula is C17H24N4O2S. The van der Waals surface area contributed by atoms with Gasteiger partial charge in [0.15, 0.2) is 5.11 Å². The lowest BCUT2D eigenvalue weighted by Crippen LogP contribution is -2.35. The van der Waals surface area contributed by atoms with Crippen molar-refractivity contribution >= 4 is 23.5 Å². The maximum absolute atomic E-state index is 5.47. The van der Waals surface area contributed by atoms with Gasteiger partial charge >= 0.3 is 0 Å². The van der Waals surface area contributed by atoms with Crippen molar-refractivity contribution in [3.8, 4) is 5.75 Å². The molecule has 6 nitrogen and oxygen atoms in total. The van der Waals surface area contributed by atoms with Gasteiger partial charge in [-0.15, -0.1) is 6.58 Å². The minimum Gasteiger partial charge on any atom is -0.496 e. The molecule has 1 aliphatic heterocycles. The highest BCUT2D eigenvalue weighted by atomic mass is 32.1. The normalized spacial score (nSPS) is 15.2. The van der Waals surface area contributed by atoms with E-state index < -0.39 is 0 Å². The summed E-state index contributed by atoms with van der Waals surface area (Å²) >= 11 is 5.09. The Morgan fingerprint density at radius 1 is 1.46 bits per heavy atom. The van der Waals surface area contributed by atoms with Crippen LogP contribution >= 0.6 is 12.2 Å². The number of nitrogens with zero attached hydrogens (tertiary/aromatic N) is 2. The van der Waals surface area contributed by atoms with Crippen molar-refractivity contribution in [3.05, 3.63) is 42.0 Å². The molecule has 7 heteroatoms. The van der Waals surface area contributed by atoms with Crippen molar-refractivity contribution in [2.75, 3.05) is 40.0 Å². The second kappa shape index (κ2) is 10.0. The minimum absolute atomic E-state index is 0.466. The molecule has 0 atom stereocenters. The molecule has 1 aromatic carbocycles. The van der Waals surface area contributed by atoms with Gasteiger partial charge in [0.2, 0.25) is 0 Å². The van der Waals surface area contributed by atoms with Gasteiger partial charge in [0, 0.05) is 31.7 Å². The third-order valence-corrected chi connectivity index (χ3v) is 3.82. The van der Waals surface area contributed by atoms with Crippen LogP contribution in [0.3, 0.4) is 0 Å². The van der Waals surface area contributed by atoms with E-state index in [1.807, 2.05) is 12.1 Å². The van der Waals surface area contributed by atoms with Crippen LogP contribution in [0.1, 0.15) is 11.1 Å². The lowest BCUT2D eigenvalue weighted by atomic mass is 10.1. The van der Waals surface area contributed by atoms with Crippen molar-refractivity contribution in [2.24, 2.45) is 5.10 Å². The molecule has 2 rings (SSSR count). The summed E-state index contributed by atoms with van der Waals surface area (Å²) in [4.78, 5) is 2.36. The molecule has 0 aliphatic carbocycles. The molecule has 0 saturated carbocycles. The molecule has 1 saturated heterocycles. The summed E-state index contributed by atoms with van der Waals surface area (Å²) < 4.78 is 10.9. The van der Waals surface area contributed by atoms with Crippen LogP contribution in [0.25, 0.3) is 0 Å². The third kappa shape index (κ3) is 5.92. The lowest BCUT2D eigenvalue weighted by Gasteiger charge is -2.27. The molecule has 0 amide bonds. The lowest BCUT2D eigenvalue weighted by molar-refractivity contribution is 0.0339. The predicted octanol–water partition coefficient (Wildman–Crippen LogP) is 1.51. The molecule has 0 aromatic heterocycles. The van der Waals surface area contributed by atoms with Gasteiger partial charge in [0.25, 0.3) is 0 Å². The number of nitrogens with one attached hydrogen (secondary N) is 2. The van der Waals surface area contributed by atoms with Gasteiger partial charge in [-0.05, 0) is 36.0 Å². The van der Waals surface area contributed by atoms with E-state index in [1.165, 1.54) is 0 Å². The van der Waals surface area contributed by atoms with E-state index in [9.17, 15) is 0 Å². The van der Waals surface area contributed by atoms with E-state index in [1.54, 1.807) is 19.4 Å². The fraction of sp³-hybridized carbons (Fsp3) is 0.412. The van der Waals surface area contributed by atoms with Crippen LogP contribution < -0.4 is 15.5 Å². The smallest absolute Gasteiger partial charge is 0.187 e. The third-order valence-electron chi connectivity index (χ3n) is 3.59. The number of benzene rings is 1. The molecule has 1 aliphatic rings. The first kappa shape index (κ1) is 18.4. The highest BCUT2D eigenvalue weighted by Gasteiger charge is 2.13. The van der Waals surface area contributed by atoms with Gasteiger partial charge in [-0.25, -0.2) is 0 Å². The fourth-order valence-electron chi connectivity index (χ4n) is 2.37. The standard InChI is InChI=1S/C17H24N4O2S/c1-3-6-18-17(24)20-19-12-14-4-5-16(22-2)15(11-14)13-21-7-9-23-10-8-21/h3-5,11-12H,1,6-10,13H2,2H3,(H2,18,20,24)/b19-12-. The first-order chi connectivity index (χ1) is 11.7. The summed E-state index contributed by atoms with van der Waals surface area (Å²) in [5.41, 5.74) is 4.90. The number of morpholine rings is 1. The quantitative estimate of drug-likeness (QED) is 0.337. The average Bonchev–Trinajstić information content (AvgIpc) is 2.61. The van der Waals surface area contributed by atoms with Crippen LogP contribution in [0.2, 0.25) is 0 Å². The number of thiocarbonyl (C=S) groups is 1. The van der Waals surface area contributed by atoms with Gasteiger partial charge in [-0.1, -0.05) is 6.08 Å². The highest BCUT2D eigenvalue weighted by molar-refractivity contribution is 7.80. The second-order valence-electron chi connectivity index (χ2n) is 5.33. The van der Waals surface area contributed by atoms with Crippen molar-refractivity contribution in [2.45, 2.75) is 6.54 Å². The van der Waals surface area contributed by atoms with Gasteiger partial charge in [-0.2, -0.15) is 5.10 Å². The number of hydrogen-bond acceptors (Lipinski definition) is 5. The first-order valence-corrected chi connectivity index (χ1v) is 8.28. The van der Waals surface area contributed by atoms with E-state index in [4.69, 9.17) is 21.7 Å². The topological polar surface area (TPSA) is 58.1 Å². The summed E-state index contributed by atoms with van der Waals surface area (Å²) in [7, 11) is 1.69. The van der Waals surface area contributed by atoms with E-state index in [-0.39, 0.29) is 0 Å². The molecule has 1 aromatic rings. The largest absolute Gasteiger partial charge is 0.496 e. The fourth-order valence-corrected chi connectivity index (χ4v) is 2.51. The van der Waals surface area contributed by atoms with E-state index in [2.05, 4.69) is 33.4 Å². The summed E-state index contributed by atoms with van der Waals surface area (Å²) in [6.45, 7) is 8.50. The monoisotopic (exact) mass is 348 g/mol. The van der Waals surface area contributed by atoms with Gasteiger partial charge in [-0.3, -0.25) is 10.3 Å². The summed E-state index contributed by atoms with van der Waals surface area (Å²) in [5.74, 6) is 0.884. The maximum Gasteiger partial charge on any atom is 0.187 e. The molecule has 0 bridgehead atoms. The molecule has 0 unspecified atom stereocenters. The second-order valence-corrected chi connectivity index (χ2v) is 5.74. The molecule has 2 N–H and O–H groups in total. The Labute approximate surface area is 148 Å². The SMILES string of the molecule is C=CCNC(=S)N/N=C\c1ccc(OC)c(CN2CCOCC2)c1. The molecule has 24 heavy (non-hydrogen) atoms. The van der Waals surface area contributed by atoms with Crippen molar-refractivity contribution in [1.82, 2.24) is 15.6 Å².